The molecule has 2 heterocycles. The van der Waals surface area contributed by atoms with Gasteiger partial charge in [-0.1, -0.05) is 37.2 Å². The first kappa shape index (κ1) is 19.7. The van der Waals surface area contributed by atoms with Crippen LogP contribution in [0.1, 0.15) is 56.6 Å². The molecule has 1 aromatic carbocycles. The Balaban J connectivity index is 1.31. The molecule has 8 heteroatoms. The second-order valence-electron chi connectivity index (χ2n) is 6.88. The van der Waals surface area contributed by atoms with Gasteiger partial charge in [0.2, 0.25) is 23.6 Å². The minimum absolute atomic E-state index is 0.0104. The lowest BCUT2D eigenvalue weighted by molar-refractivity contribution is -0.121. The maximum Gasteiger partial charge on any atom is 0.247 e. The number of nitrogens with zero attached hydrogens (tertiary/aromatic N) is 4. The first-order chi connectivity index (χ1) is 13.6. The highest BCUT2D eigenvalue weighted by molar-refractivity contribution is 5.75. The third-order valence-electron chi connectivity index (χ3n) is 4.17. The molecular formula is C20H25N5O3. The first-order valence-electron chi connectivity index (χ1n) is 9.59. The van der Waals surface area contributed by atoms with Gasteiger partial charge in [0.05, 0.1) is 0 Å². The van der Waals surface area contributed by atoms with E-state index in [9.17, 15) is 4.79 Å². The number of aromatic nitrogens is 4. The highest BCUT2D eigenvalue weighted by Gasteiger charge is 2.11. The number of amides is 1. The van der Waals surface area contributed by atoms with Crippen molar-refractivity contribution in [2.24, 2.45) is 0 Å². The number of nitrogens with one attached hydrogen (secondary N) is 1. The molecule has 3 aromatic rings. The Morgan fingerprint density at radius 1 is 1.07 bits per heavy atom. The minimum Gasteiger partial charge on any atom is -0.421 e. The Bertz CT molecular complexity index is 873. The summed E-state index contributed by atoms with van der Waals surface area (Å²) in [5.41, 5.74) is 0.890. The summed E-state index contributed by atoms with van der Waals surface area (Å²) in [6.07, 6.45) is 3.07. The number of carbonyl (C=O) groups is 1. The van der Waals surface area contributed by atoms with E-state index in [-0.39, 0.29) is 11.8 Å². The van der Waals surface area contributed by atoms with Gasteiger partial charge >= 0.3 is 0 Å². The number of aryl methyl sites for hydroxylation is 2. The molecule has 3 rings (SSSR count). The summed E-state index contributed by atoms with van der Waals surface area (Å²) < 4.78 is 10.8. The molecule has 1 N–H and O–H groups in total. The number of hydrogen-bond acceptors (Lipinski definition) is 7. The van der Waals surface area contributed by atoms with Crippen LogP contribution in [0.2, 0.25) is 0 Å². The standard InChI is InChI=1S/C20H25N5O3/c1-14(2)19-22-17(28-25-19)12-7-13-21-16(26)10-6-11-18-23-24-20(27-18)15-8-4-3-5-9-15/h3-5,8-9,14H,6-7,10-13H2,1-2H3,(H,21,26). The van der Waals surface area contributed by atoms with Crippen molar-refractivity contribution in [2.45, 2.75) is 51.9 Å². The van der Waals surface area contributed by atoms with Crippen LogP contribution in [0.25, 0.3) is 11.5 Å². The van der Waals surface area contributed by atoms with Crippen molar-refractivity contribution in [1.82, 2.24) is 25.7 Å². The molecule has 0 atom stereocenters. The minimum atomic E-state index is 0.0104. The summed E-state index contributed by atoms with van der Waals surface area (Å²) in [4.78, 5) is 16.3. The van der Waals surface area contributed by atoms with E-state index >= 15 is 0 Å². The fraction of sp³-hybridized carbons (Fsp3) is 0.450. The van der Waals surface area contributed by atoms with Gasteiger partial charge < -0.3 is 14.3 Å². The number of rotatable bonds is 10. The molecule has 0 aliphatic rings. The van der Waals surface area contributed by atoms with Crippen molar-refractivity contribution < 1.29 is 13.7 Å². The van der Waals surface area contributed by atoms with E-state index in [1.165, 1.54) is 0 Å². The van der Waals surface area contributed by atoms with E-state index in [1.54, 1.807) is 0 Å². The predicted octanol–water partition coefficient (Wildman–Crippen LogP) is 3.31. The van der Waals surface area contributed by atoms with E-state index in [2.05, 4.69) is 25.7 Å². The Hall–Kier alpha value is -3.03. The molecule has 8 nitrogen and oxygen atoms in total. The molecule has 0 saturated carbocycles. The van der Waals surface area contributed by atoms with E-state index in [0.29, 0.717) is 49.9 Å². The molecule has 0 fully saturated rings. The second kappa shape index (κ2) is 9.77. The van der Waals surface area contributed by atoms with Crippen LogP contribution in [0.4, 0.5) is 0 Å². The molecule has 0 bridgehead atoms. The van der Waals surface area contributed by atoms with Gasteiger partial charge in [-0.3, -0.25) is 4.79 Å². The highest BCUT2D eigenvalue weighted by Crippen LogP contribution is 2.17. The monoisotopic (exact) mass is 383 g/mol. The van der Waals surface area contributed by atoms with Crippen LogP contribution in [0, 0.1) is 0 Å². The van der Waals surface area contributed by atoms with Crippen molar-refractivity contribution in [3.05, 3.63) is 47.9 Å². The number of carbonyl (C=O) groups excluding carboxylic acids is 1. The topological polar surface area (TPSA) is 107 Å². The maximum absolute atomic E-state index is 11.9. The zero-order chi connectivity index (χ0) is 19.8. The number of hydrogen-bond donors (Lipinski definition) is 1. The van der Waals surface area contributed by atoms with Crippen molar-refractivity contribution >= 4 is 5.91 Å². The van der Waals surface area contributed by atoms with Gasteiger partial charge in [0.15, 0.2) is 5.82 Å². The summed E-state index contributed by atoms with van der Waals surface area (Å²) in [6.45, 7) is 4.62. The average molecular weight is 383 g/mol. The number of benzene rings is 1. The summed E-state index contributed by atoms with van der Waals surface area (Å²) >= 11 is 0. The lowest BCUT2D eigenvalue weighted by atomic mass is 10.2. The first-order valence-corrected chi connectivity index (χ1v) is 9.59. The second-order valence-corrected chi connectivity index (χ2v) is 6.88. The largest absolute Gasteiger partial charge is 0.421 e. The van der Waals surface area contributed by atoms with Gasteiger partial charge in [0.25, 0.3) is 0 Å². The van der Waals surface area contributed by atoms with Gasteiger partial charge in [-0.2, -0.15) is 4.98 Å². The van der Waals surface area contributed by atoms with E-state index in [1.807, 2.05) is 44.2 Å². The van der Waals surface area contributed by atoms with Crippen LogP contribution in [0.3, 0.4) is 0 Å². The summed E-state index contributed by atoms with van der Waals surface area (Å²) in [6, 6.07) is 9.62. The van der Waals surface area contributed by atoms with Crippen molar-refractivity contribution in [2.75, 3.05) is 6.54 Å². The Morgan fingerprint density at radius 2 is 1.86 bits per heavy atom. The lowest BCUT2D eigenvalue weighted by Crippen LogP contribution is -2.24. The van der Waals surface area contributed by atoms with Crippen LogP contribution in [0.15, 0.2) is 39.3 Å². The normalized spacial score (nSPS) is 11.1. The molecule has 28 heavy (non-hydrogen) atoms. The zero-order valence-corrected chi connectivity index (χ0v) is 16.2. The SMILES string of the molecule is CC(C)c1noc(CCCNC(=O)CCCc2nnc(-c3ccccc3)o2)n1. The third kappa shape index (κ3) is 5.73. The van der Waals surface area contributed by atoms with E-state index in [4.69, 9.17) is 8.94 Å². The quantitative estimate of drug-likeness (QED) is 0.535. The van der Waals surface area contributed by atoms with Gasteiger partial charge in [-0.15, -0.1) is 10.2 Å². The van der Waals surface area contributed by atoms with Crippen LogP contribution in [0.5, 0.6) is 0 Å². The molecule has 0 aliphatic heterocycles. The molecular weight excluding hydrogens is 358 g/mol. The van der Waals surface area contributed by atoms with Crippen LogP contribution < -0.4 is 5.32 Å². The highest BCUT2D eigenvalue weighted by atomic mass is 16.5. The molecule has 0 saturated heterocycles. The fourth-order valence-electron chi connectivity index (χ4n) is 2.61. The van der Waals surface area contributed by atoms with Crippen molar-refractivity contribution in [3.8, 4) is 11.5 Å². The van der Waals surface area contributed by atoms with Gasteiger partial charge in [0, 0.05) is 37.3 Å². The predicted molar refractivity (Wildman–Crippen MR) is 102 cm³/mol. The lowest BCUT2D eigenvalue weighted by Gasteiger charge is -2.03. The van der Waals surface area contributed by atoms with Gasteiger partial charge in [0.1, 0.15) is 0 Å². The van der Waals surface area contributed by atoms with Crippen molar-refractivity contribution in [3.63, 3.8) is 0 Å². The van der Waals surface area contributed by atoms with Gasteiger partial charge in [-0.25, -0.2) is 0 Å². The van der Waals surface area contributed by atoms with E-state index < -0.39 is 0 Å². The van der Waals surface area contributed by atoms with Gasteiger partial charge in [-0.05, 0) is 25.0 Å². The smallest absolute Gasteiger partial charge is 0.247 e. The van der Waals surface area contributed by atoms with Crippen LogP contribution in [-0.2, 0) is 17.6 Å². The Kier molecular flexibility index (Phi) is 6.89. The molecule has 0 radical (unpaired) electrons. The third-order valence-corrected chi connectivity index (χ3v) is 4.17. The summed E-state index contributed by atoms with van der Waals surface area (Å²) in [5.74, 6) is 2.64. The van der Waals surface area contributed by atoms with Crippen molar-refractivity contribution in [1.29, 1.82) is 0 Å². The molecule has 1 amide bonds. The Labute approximate surface area is 163 Å². The summed E-state index contributed by atoms with van der Waals surface area (Å²) in [5, 5.41) is 14.9. The zero-order valence-electron chi connectivity index (χ0n) is 16.2. The van der Waals surface area contributed by atoms with E-state index in [0.717, 1.165) is 17.8 Å². The van der Waals surface area contributed by atoms with Crippen LogP contribution in [-0.4, -0.2) is 32.8 Å². The summed E-state index contributed by atoms with van der Waals surface area (Å²) in [7, 11) is 0. The molecule has 148 valence electrons. The molecule has 2 aromatic heterocycles. The van der Waals surface area contributed by atoms with Crippen LogP contribution >= 0.6 is 0 Å². The Morgan fingerprint density at radius 3 is 2.61 bits per heavy atom. The fourth-order valence-corrected chi connectivity index (χ4v) is 2.61. The molecule has 0 unspecified atom stereocenters. The molecule has 0 spiro atoms. The average Bonchev–Trinajstić information content (AvgIpc) is 3.36. The maximum atomic E-state index is 11.9. The molecule has 0 aliphatic carbocycles.